The zero-order chi connectivity index (χ0) is 14.5. The van der Waals surface area contributed by atoms with E-state index in [0.29, 0.717) is 12.1 Å². The van der Waals surface area contributed by atoms with E-state index < -0.39 is 0 Å². The van der Waals surface area contributed by atoms with Crippen molar-refractivity contribution in [3.63, 3.8) is 0 Å². The number of hydrogen-bond acceptors (Lipinski definition) is 2. The van der Waals surface area contributed by atoms with Crippen LogP contribution in [0.1, 0.15) is 21.5 Å². The Morgan fingerprint density at radius 3 is 2.55 bits per heavy atom. The largest absolute Gasteiger partial charge is 0.330 e. The van der Waals surface area contributed by atoms with Crippen LogP contribution in [-0.2, 0) is 6.42 Å². The fraction of sp³-hybridized carbons (Fsp3) is 0.188. The van der Waals surface area contributed by atoms with Crippen molar-refractivity contribution in [3.8, 4) is 0 Å². The highest BCUT2D eigenvalue weighted by Gasteiger charge is 2.08. The molecule has 0 aliphatic carbocycles. The number of rotatable bonds is 4. The number of halogens is 1. The Bertz CT molecular complexity index is 608. The molecule has 0 aliphatic heterocycles. The quantitative estimate of drug-likeness (QED) is 0.900. The summed E-state index contributed by atoms with van der Waals surface area (Å²) in [5.74, 6) is -0.115. The maximum atomic E-state index is 12.2. The molecule has 0 saturated carbocycles. The summed E-state index contributed by atoms with van der Waals surface area (Å²) in [6.45, 7) is 2.60. The Morgan fingerprint density at radius 2 is 1.90 bits per heavy atom. The van der Waals surface area contributed by atoms with Crippen molar-refractivity contribution in [3.05, 3.63) is 63.6 Å². The summed E-state index contributed by atoms with van der Waals surface area (Å²) >= 11 is 3.44. The molecule has 0 saturated heterocycles. The van der Waals surface area contributed by atoms with Crippen LogP contribution >= 0.6 is 15.9 Å². The lowest BCUT2D eigenvalue weighted by Crippen LogP contribution is -2.12. The molecule has 0 aliphatic rings. The Morgan fingerprint density at radius 1 is 1.20 bits per heavy atom. The summed E-state index contributed by atoms with van der Waals surface area (Å²) in [7, 11) is 0. The zero-order valence-electron chi connectivity index (χ0n) is 11.3. The molecule has 0 fully saturated rings. The molecule has 0 aromatic heterocycles. The maximum Gasteiger partial charge on any atom is 0.255 e. The fourth-order valence-corrected chi connectivity index (χ4v) is 2.26. The minimum Gasteiger partial charge on any atom is -0.330 e. The van der Waals surface area contributed by atoms with E-state index in [1.165, 1.54) is 0 Å². The number of benzene rings is 2. The van der Waals surface area contributed by atoms with E-state index in [1.807, 2.05) is 49.4 Å². The van der Waals surface area contributed by atoms with Crippen LogP contribution in [0.4, 0.5) is 5.69 Å². The van der Waals surface area contributed by atoms with Gasteiger partial charge in [0.15, 0.2) is 0 Å². The van der Waals surface area contributed by atoms with Crippen molar-refractivity contribution < 1.29 is 4.79 Å². The van der Waals surface area contributed by atoms with Crippen molar-refractivity contribution in [2.24, 2.45) is 5.73 Å². The first-order valence-electron chi connectivity index (χ1n) is 6.46. The van der Waals surface area contributed by atoms with Crippen molar-refractivity contribution in [1.29, 1.82) is 0 Å². The van der Waals surface area contributed by atoms with Crippen LogP contribution < -0.4 is 11.1 Å². The SMILES string of the molecule is Cc1ccc(Br)c(NC(=O)c2ccc(CCN)cc2)c1. The summed E-state index contributed by atoms with van der Waals surface area (Å²) in [5.41, 5.74) is 9.16. The first kappa shape index (κ1) is 14.8. The van der Waals surface area contributed by atoms with E-state index in [4.69, 9.17) is 5.73 Å². The lowest BCUT2D eigenvalue weighted by Gasteiger charge is -2.09. The molecule has 0 atom stereocenters. The van der Waals surface area contributed by atoms with Gasteiger partial charge in [0.05, 0.1) is 5.69 Å². The van der Waals surface area contributed by atoms with Crippen molar-refractivity contribution in [2.75, 3.05) is 11.9 Å². The van der Waals surface area contributed by atoms with Gasteiger partial charge >= 0.3 is 0 Å². The molecule has 0 radical (unpaired) electrons. The number of amides is 1. The Hall–Kier alpha value is -1.65. The van der Waals surface area contributed by atoms with E-state index in [1.54, 1.807) is 0 Å². The number of carbonyl (C=O) groups is 1. The van der Waals surface area contributed by atoms with E-state index in [0.717, 1.165) is 27.7 Å². The molecule has 1 amide bonds. The van der Waals surface area contributed by atoms with Gasteiger partial charge in [-0.05, 0) is 71.2 Å². The van der Waals surface area contributed by atoms with E-state index in [9.17, 15) is 4.79 Å². The molecule has 4 heteroatoms. The number of anilines is 1. The third kappa shape index (κ3) is 3.68. The highest BCUT2D eigenvalue weighted by atomic mass is 79.9. The number of carbonyl (C=O) groups excluding carboxylic acids is 1. The molecule has 2 aromatic carbocycles. The second-order valence-electron chi connectivity index (χ2n) is 4.67. The molecule has 2 aromatic rings. The molecule has 0 bridgehead atoms. The first-order valence-corrected chi connectivity index (χ1v) is 7.26. The average molecular weight is 333 g/mol. The van der Waals surface area contributed by atoms with E-state index >= 15 is 0 Å². The summed E-state index contributed by atoms with van der Waals surface area (Å²) in [6.07, 6.45) is 0.825. The topological polar surface area (TPSA) is 55.1 Å². The van der Waals surface area contributed by atoms with Gasteiger partial charge in [-0.25, -0.2) is 0 Å². The molecular weight excluding hydrogens is 316 g/mol. The highest BCUT2D eigenvalue weighted by Crippen LogP contribution is 2.24. The predicted molar refractivity (Wildman–Crippen MR) is 86.0 cm³/mol. The monoisotopic (exact) mass is 332 g/mol. The minimum atomic E-state index is -0.115. The smallest absolute Gasteiger partial charge is 0.255 e. The molecule has 2 rings (SSSR count). The van der Waals surface area contributed by atoms with Crippen LogP contribution in [0.15, 0.2) is 46.9 Å². The Balaban J connectivity index is 2.13. The molecule has 3 nitrogen and oxygen atoms in total. The number of aryl methyl sites for hydroxylation is 1. The summed E-state index contributed by atoms with van der Waals surface area (Å²) in [6, 6.07) is 13.4. The molecule has 20 heavy (non-hydrogen) atoms. The third-order valence-corrected chi connectivity index (χ3v) is 3.71. The van der Waals surface area contributed by atoms with E-state index in [2.05, 4.69) is 21.2 Å². The van der Waals surface area contributed by atoms with Crippen LogP contribution in [0.5, 0.6) is 0 Å². The summed E-state index contributed by atoms with van der Waals surface area (Å²) < 4.78 is 0.871. The van der Waals surface area contributed by atoms with Gasteiger partial charge in [-0.15, -0.1) is 0 Å². The third-order valence-electron chi connectivity index (χ3n) is 3.02. The van der Waals surface area contributed by atoms with Crippen LogP contribution in [-0.4, -0.2) is 12.5 Å². The number of nitrogens with one attached hydrogen (secondary N) is 1. The highest BCUT2D eigenvalue weighted by molar-refractivity contribution is 9.10. The molecule has 3 N–H and O–H groups in total. The number of hydrogen-bond donors (Lipinski definition) is 2. The molecular formula is C16H17BrN2O. The van der Waals surface area contributed by atoms with Gasteiger partial charge in [0, 0.05) is 10.0 Å². The van der Waals surface area contributed by atoms with Crippen LogP contribution in [0.25, 0.3) is 0 Å². The summed E-state index contributed by atoms with van der Waals surface area (Å²) in [5, 5.41) is 2.91. The second-order valence-corrected chi connectivity index (χ2v) is 5.53. The van der Waals surface area contributed by atoms with Crippen LogP contribution in [0.3, 0.4) is 0 Å². The summed E-state index contributed by atoms with van der Waals surface area (Å²) in [4.78, 5) is 12.2. The van der Waals surface area contributed by atoms with Crippen molar-refractivity contribution in [1.82, 2.24) is 0 Å². The maximum absolute atomic E-state index is 12.2. The first-order chi connectivity index (χ1) is 9.60. The standard InChI is InChI=1S/C16H17BrN2O/c1-11-2-7-14(17)15(10-11)19-16(20)13-5-3-12(4-6-13)8-9-18/h2-7,10H,8-9,18H2,1H3,(H,19,20). The number of nitrogens with two attached hydrogens (primary N) is 1. The van der Waals surface area contributed by atoms with Gasteiger partial charge in [0.2, 0.25) is 0 Å². The van der Waals surface area contributed by atoms with Gasteiger partial charge in [0.1, 0.15) is 0 Å². The van der Waals surface area contributed by atoms with Gasteiger partial charge in [-0.3, -0.25) is 4.79 Å². The average Bonchev–Trinajstić information content (AvgIpc) is 2.44. The Kier molecular flexibility index (Phi) is 4.93. The Labute approximate surface area is 127 Å². The van der Waals surface area contributed by atoms with Gasteiger partial charge in [-0.2, -0.15) is 0 Å². The van der Waals surface area contributed by atoms with Crippen molar-refractivity contribution in [2.45, 2.75) is 13.3 Å². The lowest BCUT2D eigenvalue weighted by atomic mass is 10.1. The minimum absolute atomic E-state index is 0.115. The van der Waals surface area contributed by atoms with E-state index in [-0.39, 0.29) is 5.91 Å². The van der Waals surface area contributed by atoms with Crippen LogP contribution in [0, 0.1) is 6.92 Å². The normalized spacial score (nSPS) is 10.3. The molecule has 0 spiro atoms. The molecule has 0 unspecified atom stereocenters. The zero-order valence-corrected chi connectivity index (χ0v) is 12.9. The molecule has 104 valence electrons. The predicted octanol–water partition coefficient (Wildman–Crippen LogP) is 3.51. The fourth-order valence-electron chi connectivity index (χ4n) is 1.92. The van der Waals surface area contributed by atoms with Gasteiger partial charge in [-0.1, -0.05) is 18.2 Å². The van der Waals surface area contributed by atoms with Crippen LogP contribution in [0.2, 0.25) is 0 Å². The lowest BCUT2D eigenvalue weighted by molar-refractivity contribution is 0.102. The van der Waals surface area contributed by atoms with Gasteiger partial charge < -0.3 is 11.1 Å². The molecule has 0 heterocycles. The second kappa shape index (κ2) is 6.68. The van der Waals surface area contributed by atoms with Gasteiger partial charge in [0.25, 0.3) is 5.91 Å². The van der Waals surface area contributed by atoms with Crippen molar-refractivity contribution >= 4 is 27.5 Å².